The molecule has 0 saturated heterocycles. The van der Waals surface area contributed by atoms with Gasteiger partial charge in [0.05, 0.1) is 6.42 Å². The quantitative estimate of drug-likeness (QED) is 0.753. The Morgan fingerprint density at radius 1 is 1.06 bits per heavy atom. The highest BCUT2D eigenvalue weighted by molar-refractivity contribution is 5.78. The third-order valence-corrected chi connectivity index (χ3v) is 2.94. The van der Waals surface area contributed by atoms with E-state index >= 15 is 0 Å². The standard InChI is InChI=1S/C13H25NO3/c1-6-13(7-2,9-11(16)17)14-10(15)8-12(3,4)5/h6-9H2,1-5H3,(H,14,15)(H,16,17). The first-order chi connectivity index (χ1) is 7.64. The van der Waals surface area contributed by atoms with E-state index in [1.165, 1.54) is 0 Å². The first kappa shape index (κ1) is 15.9. The Morgan fingerprint density at radius 2 is 1.53 bits per heavy atom. The topological polar surface area (TPSA) is 66.4 Å². The Kier molecular flexibility index (Phi) is 5.66. The van der Waals surface area contributed by atoms with E-state index in [9.17, 15) is 9.59 Å². The van der Waals surface area contributed by atoms with Crippen LogP contribution in [0.3, 0.4) is 0 Å². The minimum absolute atomic E-state index is 0.0180. The number of hydrogen-bond acceptors (Lipinski definition) is 2. The summed E-state index contributed by atoms with van der Waals surface area (Å²) in [7, 11) is 0. The van der Waals surface area contributed by atoms with Gasteiger partial charge in [0.2, 0.25) is 5.91 Å². The molecule has 0 atom stereocenters. The second-order valence-electron chi connectivity index (χ2n) is 5.84. The van der Waals surface area contributed by atoms with Crippen LogP contribution in [0.5, 0.6) is 0 Å². The lowest BCUT2D eigenvalue weighted by atomic mass is 9.87. The number of rotatable bonds is 6. The number of carbonyl (C=O) groups is 2. The highest BCUT2D eigenvalue weighted by Gasteiger charge is 2.31. The molecule has 0 heterocycles. The van der Waals surface area contributed by atoms with E-state index in [0.29, 0.717) is 19.3 Å². The van der Waals surface area contributed by atoms with Gasteiger partial charge in [0.15, 0.2) is 0 Å². The number of carboxylic acids is 1. The highest BCUT2D eigenvalue weighted by Crippen LogP contribution is 2.23. The van der Waals surface area contributed by atoms with Gasteiger partial charge in [-0.15, -0.1) is 0 Å². The minimum Gasteiger partial charge on any atom is -0.481 e. The van der Waals surface area contributed by atoms with Crippen LogP contribution in [0.1, 0.15) is 60.3 Å². The van der Waals surface area contributed by atoms with Gasteiger partial charge in [-0.1, -0.05) is 34.6 Å². The molecule has 4 heteroatoms. The molecule has 17 heavy (non-hydrogen) atoms. The van der Waals surface area contributed by atoms with E-state index < -0.39 is 11.5 Å². The van der Waals surface area contributed by atoms with Crippen LogP contribution in [0.4, 0.5) is 0 Å². The van der Waals surface area contributed by atoms with E-state index in [2.05, 4.69) is 5.32 Å². The Balaban J connectivity index is 4.64. The van der Waals surface area contributed by atoms with E-state index in [1.807, 2.05) is 34.6 Å². The maximum absolute atomic E-state index is 11.9. The zero-order valence-corrected chi connectivity index (χ0v) is 11.6. The molecule has 0 spiro atoms. The molecule has 0 saturated carbocycles. The lowest BCUT2D eigenvalue weighted by molar-refractivity contribution is -0.139. The predicted octanol–water partition coefficient (Wildman–Crippen LogP) is 2.57. The molecule has 2 N–H and O–H groups in total. The van der Waals surface area contributed by atoms with Crippen molar-refractivity contribution in [1.29, 1.82) is 0 Å². The maximum Gasteiger partial charge on any atom is 0.305 e. The highest BCUT2D eigenvalue weighted by atomic mass is 16.4. The van der Waals surface area contributed by atoms with Crippen LogP contribution in [0, 0.1) is 5.41 Å². The van der Waals surface area contributed by atoms with E-state index in [0.717, 1.165) is 0 Å². The maximum atomic E-state index is 11.9. The summed E-state index contributed by atoms with van der Waals surface area (Å²) in [6, 6.07) is 0. The van der Waals surface area contributed by atoms with Crippen LogP contribution < -0.4 is 5.32 Å². The fourth-order valence-corrected chi connectivity index (χ4v) is 1.83. The van der Waals surface area contributed by atoms with Crippen molar-refractivity contribution in [3.05, 3.63) is 0 Å². The van der Waals surface area contributed by atoms with Crippen molar-refractivity contribution in [2.24, 2.45) is 5.41 Å². The smallest absolute Gasteiger partial charge is 0.305 e. The lowest BCUT2D eigenvalue weighted by Gasteiger charge is -2.32. The summed E-state index contributed by atoms with van der Waals surface area (Å²) in [4.78, 5) is 22.7. The normalized spacial score (nSPS) is 12.3. The van der Waals surface area contributed by atoms with Crippen molar-refractivity contribution in [3.8, 4) is 0 Å². The Hall–Kier alpha value is -1.06. The van der Waals surface area contributed by atoms with Crippen molar-refractivity contribution in [1.82, 2.24) is 5.32 Å². The summed E-state index contributed by atoms with van der Waals surface area (Å²) in [5, 5.41) is 11.8. The Bertz CT molecular complexity index is 275. The van der Waals surface area contributed by atoms with Crippen LogP contribution in [-0.4, -0.2) is 22.5 Å². The number of nitrogens with one attached hydrogen (secondary N) is 1. The van der Waals surface area contributed by atoms with E-state index in [1.54, 1.807) is 0 Å². The van der Waals surface area contributed by atoms with Crippen molar-refractivity contribution >= 4 is 11.9 Å². The molecule has 0 aliphatic heterocycles. The summed E-state index contributed by atoms with van der Waals surface area (Å²) >= 11 is 0. The molecule has 1 amide bonds. The summed E-state index contributed by atoms with van der Waals surface area (Å²) < 4.78 is 0. The molecule has 0 aliphatic carbocycles. The molecular weight excluding hydrogens is 218 g/mol. The molecule has 100 valence electrons. The molecule has 0 rings (SSSR count). The minimum atomic E-state index is -0.871. The van der Waals surface area contributed by atoms with Gasteiger partial charge in [-0.2, -0.15) is 0 Å². The van der Waals surface area contributed by atoms with Gasteiger partial charge in [0, 0.05) is 12.0 Å². The van der Waals surface area contributed by atoms with Crippen molar-refractivity contribution in [3.63, 3.8) is 0 Å². The molecule has 0 fully saturated rings. The fraction of sp³-hybridized carbons (Fsp3) is 0.846. The number of hydrogen-bond donors (Lipinski definition) is 2. The van der Waals surface area contributed by atoms with Crippen LogP contribution in [0.25, 0.3) is 0 Å². The van der Waals surface area contributed by atoms with Crippen molar-refractivity contribution < 1.29 is 14.7 Å². The van der Waals surface area contributed by atoms with Crippen LogP contribution in [0.2, 0.25) is 0 Å². The third-order valence-electron chi connectivity index (χ3n) is 2.94. The average molecular weight is 243 g/mol. The lowest BCUT2D eigenvalue weighted by Crippen LogP contribution is -2.49. The van der Waals surface area contributed by atoms with E-state index in [4.69, 9.17) is 5.11 Å². The fourth-order valence-electron chi connectivity index (χ4n) is 1.83. The first-order valence-electron chi connectivity index (χ1n) is 6.17. The van der Waals surface area contributed by atoms with Crippen molar-refractivity contribution in [2.75, 3.05) is 0 Å². The van der Waals surface area contributed by atoms with Crippen LogP contribution >= 0.6 is 0 Å². The SMILES string of the molecule is CCC(CC)(CC(=O)O)NC(=O)CC(C)(C)C. The van der Waals surface area contributed by atoms with E-state index in [-0.39, 0.29) is 17.7 Å². The van der Waals surface area contributed by atoms with Gasteiger partial charge in [0.1, 0.15) is 0 Å². The summed E-state index contributed by atoms with van der Waals surface area (Å²) in [6.07, 6.45) is 1.65. The summed E-state index contributed by atoms with van der Waals surface area (Å²) in [5.74, 6) is -0.938. The second kappa shape index (κ2) is 6.03. The molecule has 0 bridgehead atoms. The number of amides is 1. The van der Waals surface area contributed by atoms with Crippen molar-refractivity contribution in [2.45, 2.75) is 65.8 Å². The molecule has 0 aliphatic rings. The monoisotopic (exact) mass is 243 g/mol. The zero-order valence-electron chi connectivity index (χ0n) is 11.6. The average Bonchev–Trinajstić information content (AvgIpc) is 2.12. The zero-order chi connectivity index (χ0) is 13.7. The van der Waals surface area contributed by atoms with Gasteiger partial charge >= 0.3 is 5.97 Å². The molecule has 4 nitrogen and oxygen atoms in total. The number of carboxylic acid groups (broad SMARTS) is 1. The third kappa shape index (κ3) is 6.29. The van der Waals surface area contributed by atoms with Gasteiger partial charge in [-0.05, 0) is 18.3 Å². The molecule has 0 unspecified atom stereocenters. The predicted molar refractivity (Wildman–Crippen MR) is 67.8 cm³/mol. The first-order valence-corrected chi connectivity index (χ1v) is 6.17. The summed E-state index contributed by atoms with van der Waals surface area (Å²) in [6.45, 7) is 9.78. The van der Waals surface area contributed by atoms with Crippen LogP contribution in [-0.2, 0) is 9.59 Å². The van der Waals surface area contributed by atoms with Gasteiger partial charge < -0.3 is 10.4 Å². The number of aliphatic carboxylic acids is 1. The summed E-state index contributed by atoms with van der Waals surface area (Å²) in [5.41, 5.74) is -0.686. The van der Waals surface area contributed by atoms with Crippen LogP contribution in [0.15, 0.2) is 0 Å². The molecule has 0 aromatic carbocycles. The van der Waals surface area contributed by atoms with Gasteiger partial charge in [0.25, 0.3) is 0 Å². The molecule has 0 aromatic rings. The molecule has 0 aromatic heterocycles. The number of carbonyl (C=O) groups excluding carboxylic acids is 1. The largest absolute Gasteiger partial charge is 0.481 e. The molecule has 0 radical (unpaired) electrons. The Labute approximate surface area is 104 Å². The second-order valence-corrected chi connectivity index (χ2v) is 5.84. The van der Waals surface area contributed by atoms with Gasteiger partial charge in [-0.3, -0.25) is 9.59 Å². The van der Waals surface area contributed by atoms with Gasteiger partial charge in [-0.25, -0.2) is 0 Å². The molecular formula is C13H25NO3. The Morgan fingerprint density at radius 3 is 1.82 bits per heavy atom.